The van der Waals surface area contributed by atoms with Gasteiger partial charge in [0.2, 0.25) is 0 Å². The molecule has 0 aromatic rings. The van der Waals surface area contributed by atoms with Crippen LogP contribution in [0, 0.1) is 5.92 Å². The second-order valence-electron chi connectivity index (χ2n) is 7.45. The van der Waals surface area contributed by atoms with Crippen LogP contribution in [0.4, 0.5) is 4.79 Å². The molecule has 0 unspecified atom stereocenters. The summed E-state index contributed by atoms with van der Waals surface area (Å²) < 4.78 is 5.44. The zero-order valence-corrected chi connectivity index (χ0v) is 13.6. The first-order valence-electron chi connectivity index (χ1n) is 7.61. The van der Waals surface area contributed by atoms with Crippen LogP contribution in [0.1, 0.15) is 27.2 Å². The van der Waals surface area contributed by atoms with Gasteiger partial charge in [-0.05, 0) is 47.2 Å². The SMILES string of the molecule is CN(C)CC1CN([C@H]2CCN(C(=O)OC(C)(C)C)C2)C1. The van der Waals surface area contributed by atoms with Gasteiger partial charge in [-0.2, -0.15) is 0 Å². The molecule has 1 atom stereocenters. The van der Waals surface area contributed by atoms with Crippen molar-refractivity contribution >= 4 is 6.09 Å². The number of nitrogens with zero attached hydrogens (tertiary/aromatic N) is 3. The third-order valence-corrected chi connectivity index (χ3v) is 3.94. The number of carbonyl (C=O) groups is 1. The smallest absolute Gasteiger partial charge is 0.410 e. The fraction of sp³-hybridized carbons (Fsp3) is 0.933. The van der Waals surface area contributed by atoms with Gasteiger partial charge in [0.25, 0.3) is 0 Å². The van der Waals surface area contributed by atoms with Crippen molar-refractivity contribution in [2.45, 2.75) is 38.8 Å². The zero-order valence-electron chi connectivity index (χ0n) is 13.6. The molecule has 2 heterocycles. The highest BCUT2D eigenvalue weighted by molar-refractivity contribution is 5.68. The number of ether oxygens (including phenoxy) is 1. The lowest BCUT2D eigenvalue weighted by Gasteiger charge is -2.44. The van der Waals surface area contributed by atoms with Gasteiger partial charge in [0.15, 0.2) is 0 Å². The highest BCUT2D eigenvalue weighted by Crippen LogP contribution is 2.25. The molecule has 2 saturated heterocycles. The number of amides is 1. The molecule has 0 N–H and O–H groups in total. The standard InChI is InChI=1S/C15H29N3O2/c1-15(2,3)20-14(19)17-7-6-13(11-17)18-9-12(10-18)8-16(4)5/h12-13H,6-11H2,1-5H3/t13-/m0/s1. The Bertz CT molecular complexity index is 346. The van der Waals surface area contributed by atoms with Crippen molar-refractivity contribution in [1.29, 1.82) is 0 Å². The molecule has 0 aliphatic carbocycles. The Hall–Kier alpha value is -0.810. The summed E-state index contributed by atoms with van der Waals surface area (Å²) in [5, 5.41) is 0. The van der Waals surface area contributed by atoms with Gasteiger partial charge in [0.05, 0.1) is 0 Å². The summed E-state index contributed by atoms with van der Waals surface area (Å²) in [6, 6.07) is 0.529. The molecule has 0 aromatic carbocycles. The number of hydrogen-bond donors (Lipinski definition) is 0. The summed E-state index contributed by atoms with van der Waals surface area (Å²) in [6.07, 6.45) is 0.916. The van der Waals surface area contributed by atoms with Crippen LogP contribution in [0.15, 0.2) is 0 Å². The van der Waals surface area contributed by atoms with Crippen molar-refractivity contribution in [2.24, 2.45) is 5.92 Å². The van der Waals surface area contributed by atoms with Crippen LogP contribution in [0.5, 0.6) is 0 Å². The fourth-order valence-electron chi connectivity index (χ4n) is 3.07. The molecule has 0 bridgehead atoms. The van der Waals surface area contributed by atoms with Gasteiger partial charge < -0.3 is 14.5 Å². The monoisotopic (exact) mass is 283 g/mol. The third kappa shape index (κ3) is 4.09. The van der Waals surface area contributed by atoms with Crippen LogP contribution < -0.4 is 0 Å². The molecule has 2 fully saturated rings. The lowest BCUT2D eigenvalue weighted by Crippen LogP contribution is -2.55. The maximum atomic E-state index is 12.0. The van der Waals surface area contributed by atoms with E-state index in [0.29, 0.717) is 6.04 Å². The van der Waals surface area contributed by atoms with Gasteiger partial charge in [0.1, 0.15) is 5.60 Å². The second kappa shape index (κ2) is 5.90. The normalized spacial score (nSPS) is 25.1. The van der Waals surface area contributed by atoms with E-state index in [4.69, 9.17) is 4.74 Å². The molecule has 0 aromatic heterocycles. The maximum Gasteiger partial charge on any atom is 0.410 e. The van der Waals surface area contributed by atoms with Crippen molar-refractivity contribution in [1.82, 2.24) is 14.7 Å². The first kappa shape index (κ1) is 15.6. The quantitative estimate of drug-likeness (QED) is 0.786. The summed E-state index contributed by atoms with van der Waals surface area (Å²) in [7, 11) is 4.25. The number of rotatable bonds is 3. The molecular formula is C15H29N3O2. The van der Waals surface area contributed by atoms with Crippen molar-refractivity contribution < 1.29 is 9.53 Å². The molecule has 0 saturated carbocycles. The lowest BCUT2D eigenvalue weighted by molar-refractivity contribution is 0.0208. The zero-order chi connectivity index (χ0) is 14.9. The van der Waals surface area contributed by atoms with Crippen molar-refractivity contribution in [3.63, 3.8) is 0 Å². The van der Waals surface area contributed by atoms with Crippen molar-refractivity contribution in [3.8, 4) is 0 Å². The minimum atomic E-state index is -0.400. The first-order valence-corrected chi connectivity index (χ1v) is 7.61. The highest BCUT2D eigenvalue weighted by Gasteiger charge is 2.38. The average Bonchev–Trinajstić information content (AvgIpc) is 2.68. The first-order chi connectivity index (χ1) is 9.24. The largest absolute Gasteiger partial charge is 0.444 e. The van der Waals surface area contributed by atoms with Crippen LogP contribution in [0.2, 0.25) is 0 Å². The average molecular weight is 283 g/mol. The van der Waals surface area contributed by atoms with Crippen molar-refractivity contribution in [3.05, 3.63) is 0 Å². The molecule has 2 aliphatic heterocycles. The Kier molecular flexibility index (Phi) is 4.59. The van der Waals surface area contributed by atoms with E-state index >= 15 is 0 Å². The Labute approximate surface area is 122 Å². The molecule has 2 rings (SSSR count). The van der Waals surface area contributed by atoms with Gasteiger partial charge >= 0.3 is 6.09 Å². The molecule has 0 spiro atoms. The third-order valence-electron chi connectivity index (χ3n) is 3.94. The maximum absolute atomic E-state index is 12.0. The summed E-state index contributed by atoms with van der Waals surface area (Å²) >= 11 is 0. The Balaban J connectivity index is 1.73. The molecule has 1 amide bonds. The summed E-state index contributed by atoms with van der Waals surface area (Å²) in [5.74, 6) is 0.792. The molecule has 20 heavy (non-hydrogen) atoms. The van der Waals surface area contributed by atoms with Gasteiger partial charge in [0, 0.05) is 38.8 Å². The fourth-order valence-corrected chi connectivity index (χ4v) is 3.07. The van der Waals surface area contributed by atoms with Crippen LogP contribution in [-0.2, 0) is 4.74 Å². The Morgan fingerprint density at radius 3 is 2.45 bits per heavy atom. The van der Waals surface area contributed by atoms with Gasteiger partial charge in [-0.3, -0.25) is 4.90 Å². The summed E-state index contributed by atoms with van der Waals surface area (Å²) in [6.45, 7) is 10.9. The number of carbonyl (C=O) groups excluding carboxylic acids is 1. The number of hydrogen-bond acceptors (Lipinski definition) is 4. The Morgan fingerprint density at radius 1 is 1.25 bits per heavy atom. The molecule has 5 nitrogen and oxygen atoms in total. The predicted molar refractivity (Wildman–Crippen MR) is 79.8 cm³/mol. The Morgan fingerprint density at radius 2 is 1.90 bits per heavy atom. The van der Waals surface area contributed by atoms with E-state index in [9.17, 15) is 4.79 Å². The molecule has 2 aliphatic rings. The van der Waals surface area contributed by atoms with E-state index in [2.05, 4.69) is 23.9 Å². The minimum absolute atomic E-state index is 0.162. The van der Waals surface area contributed by atoms with Gasteiger partial charge in [-0.15, -0.1) is 0 Å². The second-order valence-corrected chi connectivity index (χ2v) is 7.45. The number of likely N-dealkylation sites (tertiary alicyclic amines) is 2. The van der Waals surface area contributed by atoms with E-state index in [1.165, 1.54) is 19.6 Å². The molecule has 0 radical (unpaired) electrons. The lowest BCUT2D eigenvalue weighted by atomic mass is 9.97. The van der Waals surface area contributed by atoms with Crippen LogP contribution in [0.3, 0.4) is 0 Å². The topological polar surface area (TPSA) is 36.0 Å². The van der Waals surface area contributed by atoms with E-state index in [1.54, 1.807) is 0 Å². The minimum Gasteiger partial charge on any atom is -0.444 e. The highest BCUT2D eigenvalue weighted by atomic mass is 16.6. The van der Waals surface area contributed by atoms with E-state index in [0.717, 1.165) is 25.4 Å². The van der Waals surface area contributed by atoms with Gasteiger partial charge in [-0.1, -0.05) is 0 Å². The van der Waals surface area contributed by atoms with Crippen molar-refractivity contribution in [2.75, 3.05) is 46.8 Å². The van der Waals surface area contributed by atoms with Crippen LogP contribution in [-0.4, -0.2) is 79.3 Å². The van der Waals surface area contributed by atoms with E-state index < -0.39 is 5.60 Å². The van der Waals surface area contributed by atoms with E-state index in [1.807, 2.05) is 25.7 Å². The molecule has 5 heteroatoms. The van der Waals surface area contributed by atoms with Crippen LogP contribution >= 0.6 is 0 Å². The van der Waals surface area contributed by atoms with Gasteiger partial charge in [-0.25, -0.2) is 4.79 Å². The predicted octanol–water partition coefficient (Wildman–Crippen LogP) is 1.49. The molecular weight excluding hydrogens is 254 g/mol. The molecule has 116 valence electrons. The van der Waals surface area contributed by atoms with Crippen LogP contribution in [0.25, 0.3) is 0 Å². The summed E-state index contributed by atoms with van der Waals surface area (Å²) in [4.78, 5) is 18.6. The van der Waals surface area contributed by atoms with E-state index in [-0.39, 0.29) is 6.09 Å². The summed E-state index contributed by atoms with van der Waals surface area (Å²) in [5.41, 5.74) is -0.400.